The molecule has 3 rings (SSSR count). The van der Waals surface area contributed by atoms with Gasteiger partial charge < -0.3 is 15.4 Å². The van der Waals surface area contributed by atoms with E-state index >= 15 is 0 Å². The number of aromatic nitrogens is 2. The van der Waals surface area contributed by atoms with Crippen LogP contribution < -0.4 is 10.6 Å². The Morgan fingerprint density at radius 1 is 1.27 bits per heavy atom. The summed E-state index contributed by atoms with van der Waals surface area (Å²) in [6.07, 6.45) is 0.891. The smallest absolute Gasteiger partial charge is 0.263 e. The lowest BCUT2D eigenvalue weighted by Crippen LogP contribution is -2.17. The molecule has 7 heteroatoms. The van der Waals surface area contributed by atoms with Gasteiger partial charge in [0.15, 0.2) is 4.96 Å². The molecule has 0 fully saturated rings. The minimum Gasteiger partial charge on any atom is -0.385 e. The molecule has 26 heavy (non-hydrogen) atoms. The monoisotopic (exact) mass is 372 g/mol. The van der Waals surface area contributed by atoms with Gasteiger partial charge in [0.1, 0.15) is 16.4 Å². The van der Waals surface area contributed by atoms with Gasteiger partial charge in [0.05, 0.1) is 0 Å². The van der Waals surface area contributed by atoms with Gasteiger partial charge in [-0.05, 0) is 20.3 Å². The molecule has 1 aromatic carbocycles. The van der Waals surface area contributed by atoms with E-state index in [0.29, 0.717) is 11.5 Å². The van der Waals surface area contributed by atoms with E-state index in [9.17, 15) is 4.79 Å². The molecule has 0 aliphatic heterocycles. The van der Waals surface area contributed by atoms with Crippen LogP contribution >= 0.6 is 11.3 Å². The first-order valence-corrected chi connectivity index (χ1v) is 9.42. The molecule has 3 aromatic rings. The largest absolute Gasteiger partial charge is 0.385 e. The van der Waals surface area contributed by atoms with Crippen LogP contribution in [0.4, 0.5) is 5.82 Å². The van der Waals surface area contributed by atoms with E-state index in [1.165, 1.54) is 16.9 Å². The normalized spacial score (nSPS) is 11.1. The second-order valence-corrected chi connectivity index (χ2v) is 7.14. The number of thiazole rings is 1. The SMILES string of the molecule is CNC(=O)c1sc2nc(-c3ccc(C)cc3)c(NCCCOC)n2c1C. The number of anilines is 1. The number of carbonyl (C=O) groups excluding carboxylic acids is 1. The van der Waals surface area contributed by atoms with Crippen LogP contribution in [0.3, 0.4) is 0 Å². The van der Waals surface area contributed by atoms with Crippen LogP contribution in [0.25, 0.3) is 16.2 Å². The number of amides is 1. The number of ether oxygens (including phenoxy) is 1. The van der Waals surface area contributed by atoms with Crippen molar-refractivity contribution in [3.05, 3.63) is 40.4 Å². The van der Waals surface area contributed by atoms with Gasteiger partial charge in [-0.25, -0.2) is 4.98 Å². The minimum absolute atomic E-state index is 0.0831. The maximum atomic E-state index is 12.1. The van der Waals surface area contributed by atoms with Crippen LogP contribution in [0, 0.1) is 13.8 Å². The lowest BCUT2D eigenvalue weighted by Gasteiger charge is -2.10. The number of nitrogens with one attached hydrogen (secondary N) is 2. The molecule has 6 nitrogen and oxygen atoms in total. The topological polar surface area (TPSA) is 67.7 Å². The van der Waals surface area contributed by atoms with E-state index in [4.69, 9.17) is 9.72 Å². The number of hydrogen-bond donors (Lipinski definition) is 2. The fourth-order valence-corrected chi connectivity index (χ4v) is 3.94. The van der Waals surface area contributed by atoms with Crippen molar-refractivity contribution in [2.45, 2.75) is 20.3 Å². The number of methoxy groups -OCH3 is 1. The van der Waals surface area contributed by atoms with E-state index in [2.05, 4.69) is 41.8 Å². The first-order valence-electron chi connectivity index (χ1n) is 8.60. The number of rotatable bonds is 7. The van der Waals surface area contributed by atoms with E-state index in [0.717, 1.165) is 40.7 Å². The number of imidazole rings is 1. The summed E-state index contributed by atoms with van der Waals surface area (Å²) in [6.45, 7) is 5.49. The number of benzene rings is 1. The second-order valence-electron chi connectivity index (χ2n) is 6.16. The van der Waals surface area contributed by atoms with E-state index < -0.39 is 0 Å². The van der Waals surface area contributed by atoms with E-state index in [1.807, 2.05) is 11.3 Å². The summed E-state index contributed by atoms with van der Waals surface area (Å²) in [5.41, 5.74) is 4.06. The molecule has 2 heterocycles. The van der Waals surface area contributed by atoms with Gasteiger partial charge in [0, 0.05) is 38.6 Å². The van der Waals surface area contributed by atoms with Gasteiger partial charge in [-0.1, -0.05) is 41.2 Å². The van der Waals surface area contributed by atoms with Crippen LogP contribution in [-0.2, 0) is 4.74 Å². The van der Waals surface area contributed by atoms with Crippen molar-refractivity contribution in [1.29, 1.82) is 0 Å². The van der Waals surface area contributed by atoms with Gasteiger partial charge >= 0.3 is 0 Å². The van der Waals surface area contributed by atoms with Crippen LogP contribution in [0.15, 0.2) is 24.3 Å². The average Bonchev–Trinajstić information content (AvgIpc) is 3.16. The zero-order valence-corrected chi connectivity index (χ0v) is 16.4. The average molecular weight is 372 g/mol. The van der Waals surface area contributed by atoms with Crippen LogP contribution in [0.1, 0.15) is 27.3 Å². The summed E-state index contributed by atoms with van der Waals surface area (Å²) in [7, 11) is 3.35. The van der Waals surface area contributed by atoms with E-state index in [-0.39, 0.29) is 5.91 Å². The number of aryl methyl sites for hydroxylation is 2. The third-order valence-corrected chi connectivity index (χ3v) is 5.42. The summed E-state index contributed by atoms with van der Waals surface area (Å²) >= 11 is 1.41. The Morgan fingerprint density at radius 3 is 2.65 bits per heavy atom. The minimum atomic E-state index is -0.0831. The highest BCUT2D eigenvalue weighted by molar-refractivity contribution is 7.19. The summed E-state index contributed by atoms with van der Waals surface area (Å²) in [5, 5.41) is 6.19. The fourth-order valence-electron chi connectivity index (χ4n) is 2.87. The highest BCUT2D eigenvalue weighted by Gasteiger charge is 2.22. The first kappa shape index (κ1) is 18.4. The van der Waals surface area contributed by atoms with Crippen LogP contribution in [0.5, 0.6) is 0 Å². The Hall–Kier alpha value is -2.38. The maximum Gasteiger partial charge on any atom is 0.263 e. The molecule has 0 spiro atoms. The number of nitrogens with zero attached hydrogens (tertiary/aromatic N) is 2. The molecule has 1 amide bonds. The highest BCUT2D eigenvalue weighted by Crippen LogP contribution is 2.34. The van der Waals surface area contributed by atoms with Crippen LogP contribution in [-0.4, -0.2) is 42.6 Å². The van der Waals surface area contributed by atoms with Crippen molar-refractivity contribution in [3.63, 3.8) is 0 Å². The molecule has 2 N–H and O–H groups in total. The molecule has 0 saturated heterocycles. The molecule has 0 radical (unpaired) electrons. The third-order valence-electron chi connectivity index (χ3n) is 4.28. The summed E-state index contributed by atoms with van der Waals surface area (Å²) in [6, 6.07) is 8.33. The molecular formula is C19H24N4O2S. The van der Waals surface area contributed by atoms with Crippen LogP contribution in [0.2, 0.25) is 0 Å². The lowest BCUT2D eigenvalue weighted by molar-refractivity contribution is 0.0966. The molecule has 0 bridgehead atoms. The van der Waals surface area contributed by atoms with E-state index in [1.54, 1.807) is 14.2 Å². The quantitative estimate of drug-likeness (QED) is 0.623. The van der Waals surface area contributed by atoms with Crippen molar-refractivity contribution in [2.24, 2.45) is 0 Å². The Morgan fingerprint density at radius 2 is 2.00 bits per heavy atom. The van der Waals surface area contributed by atoms with Gasteiger partial charge in [-0.3, -0.25) is 9.20 Å². The summed E-state index contributed by atoms with van der Waals surface area (Å²) in [5.74, 6) is 0.837. The molecule has 2 aromatic heterocycles. The third kappa shape index (κ3) is 3.45. The molecule has 0 unspecified atom stereocenters. The molecule has 138 valence electrons. The number of hydrogen-bond acceptors (Lipinski definition) is 5. The molecular weight excluding hydrogens is 348 g/mol. The molecule has 0 atom stereocenters. The Labute approximate surface area is 157 Å². The zero-order valence-electron chi connectivity index (χ0n) is 15.5. The zero-order chi connectivity index (χ0) is 18.7. The fraction of sp³-hybridized carbons (Fsp3) is 0.368. The van der Waals surface area contributed by atoms with Gasteiger partial charge in [0.25, 0.3) is 5.91 Å². The Kier molecular flexibility index (Phi) is 5.58. The second kappa shape index (κ2) is 7.88. The summed E-state index contributed by atoms with van der Waals surface area (Å²) < 4.78 is 7.18. The number of fused-ring (bicyclic) bond motifs is 1. The molecule has 0 saturated carbocycles. The molecule has 0 aliphatic rings. The standard InChI is InChI=1S/C19H24N4O2S/c1-12-6-8-14(9-7-12)15-17(21-10-5-11-25-4)23-13(2)16(18(24)20-3)26-19(23)22-15/h6-9,21H,5,10-11H2,1-4H3,(H,20,24). The van der Waals surface area contributed by atoms with Crippen molar-refractivity contribution in [1.82, 2.24) is 14.7 Å². The van der Waals surface area contributed by atoms with Crippen molar-refractivity contribution in [3.8, 4) is 11.3 Å². The van der Waals surface area contributed by atoms with Gasteiger partial charge in [-0.2, -0.15) is 0 Å². The Bertz CT molecular complexity index is 912. The molecule has 0 aliphatic carbocycles. The lowest BCUT2D eigenvalue weighted by atomic mass is 10.1. The first-order chi connectivity index (χ1) is 12.6. The van der Waals surface area contributed by atoms with Crippen molar-refractivity contribution < 1.29 is 9.53 Å². The highest BCUT2D eigenvalue weighted by atomic mass is 32.1. The number of carbonyl (C=O) groups is 1. The predicted molar refractivity (Wildman–Crippen MR) is 106 cm³/mol. The van der Waals surface area contributed by atoms with Gasteiger partial charge in [0.2, 0.25) is 0 Å². The maximum absolute atomic E-state index is 12.1. The Balaban J connectivity index is 2.08. The summed E-state index contributed by atoms with van der Waals surface area (Å²) in [4.78, 5) is 18.4. The van der Waals surface area contributed by atoms with Crippen molar-refractivity contribution >= 4 is 28.0 Å². The predicted octanol–water partition coefficient (Wildman–Crippen LogP) is 3.49. The van der Waals surface area contributed by atoms with Gasteiger partial charge in [-0.15, -0.1) is 0 Å². The van der Waals surface area contributed by atoms with Crippen molar-refractivity contribution in [2.75, 3.05) is 32.6 Å².